The van der Waals surface area contributed by atoms with Crippen molar-refractivity contribution in [3.63, 3.8) is 0 Å². The number of aliphatic hydroxyl groups excluding tert-OH is 1. The molecule has 0 heterocycles. The molecular formula is C15H28O. The van der Waals surface area contributed by atoms with Gasteiger partial charge >= 0.3 is 0 Å². The lowest BCUT2D eigenvalue weighted by molar-refractivity contribution is -0.112. The highest BCUT2D eigenvalue weighted by Crippen LogP contribution is 2.54. The molecule has 2 rings (SSSR count). The first-order valence-corrected chi connectivity index (χ1v) is 7.14. The zero-order chi connectivity index (χ0) is 11.9. The minimum Gasteiger partial charge on any atom is -0.393 e. The molecule has 0 aromatic heterocycles. The van der Waals surface area contributed by atoms with Gasteiger partial charge in [0.15, 0.2) is 0 Å². The Balaban J connectivity index is 2.20. The third-order valence-corrected chi connectivity index (χ3v) is 5.54. The van der Waals surface area contributed by atoms with Crippen molar-refractivity contribution in [1.82, 2.24) is 0 Å². The van der Waals surface area contributed by atoms with Crippen LogP contribution in [0.1, 0.15) is 59.8 Å². The summed E-state index contributed by atoms with van der Waals surface area (Å²) < 4.78 is 0. The van der Waals surface area contributed by atoms with Crippen LogP contribution < -0.4 is 0 Å². The van der Waals surface area contributed by atoms with Crippen LogP contribution in [0.15, 0.2) is 0 Å². The van der Waals surface area contributed by atoms with E-state index in [1.165, 1.54) is 32.1 Å². The number of fused-ring (bicyclic) bond motifs is 1. The third-order valence-electron chi connectivity index (χ3n) is 5.54. The van der Waals surface area contributed by atoms with Gasteiger partial charge in [0.1, 0.15) is 0 Å². The van der Waals surface area contributed by atoms with Crippen LogP contribution in [0.25, 0.3) is 0 Å². The van der Waals surface area contributed by atoms with Gasteiger partial charge in [-0.1, -0.05) is 40.5 Å². The average Bonchev–Trinajstić information content (AvgIpc) is 2.16. The van der Waals surface area contributed by atoms with Gasteiger partial charge in [-0.2, -0.15) is 0 Å². The van der Waals surface area contributed by atoms with Crippen molar-refractivity contribution in [2.75, 3.05) is 0 Å². The molecule has 94 valence electrons. The fourth-order valence-electron chi connectivity index (χ4n) is 4.56. The molecule has 2 fully saturated rings. The predicted molar refractivity (Wildman–Crippen MR) is 68.2 cm³/mol. The number of rotatable bonds is 1. The summed E-state index contributed by atoms with van der Waals surface area (Å²) in [5.74, 6) is 2.45. The standard InChI is InChI=1S/C15H28O/c1-10(2)12-7-9-15(4)8-5-6-11(3)13(15)14(12)16/h10-14,16H,5-9H2,1-4H3. The maximum atomic E-state index is 10.7. The van der Waals surface area contributed by atoms with Gasteiger partial charge in [0, 0.05) is 0 Å². The fraction of sp³-hybridized carbons (Fsp3) is 1.00. The first kappa shape index (κ1) is 12.4. The summed E-state index contributed by atoms with van der Waals surface area (Å²) in [5, 5.41) is 10.7. The summed E-state index contributed by atoms with van der Waals surface area (Å²) >= 11 is 0. The number of hydrogen-bond acceptors (Lipinski definition) is 1. The Labute approximate surface area is 101 Å². The summed E-state index contributed by atoms with van der Waals surface area (Å²) in [6, 6.07) is 0. The number of aliphatic hydroxyl groups is 1. The van der Waals surface area contributed by atoms with E-state index in [4.69, 9.17) is 0 Å². The van der Waals surface area contributed by atoms with Crippen molar-refractivity contribution >= 4 is 0 Å². The van der Waals surface area contributed by atoms with E-state index in [0.29, 0.717) is 23.2 Å². The van der Waals surface area contributed by atoms with E-state index in [1.807, 2.05) is 0 Å². The monoisotopic (exact) mass is 224 g/mol. The van der Waals surface area contributed by atoms with Crippen molar-refractivity contribution in [1.29, 1.82) is 0 Å². The highest BCUT2D eigenvalue weighted by molar-refractivity contribution is 4.99. The first-order chi connectivity index (χ1) is 7.46. The fourth-order valence-corrected chi connectivity index (χ4v) is 4.56. The van der Waals surface area contributed by atoms with Gasteiger partial charge in [-0.25, -0.2) is 0 Å². The largest absolute Gasteiger partial charge is 0.393 e. The van der Waals surface area contributed by atoms with E-state index in [0.717, 1.165) is 5.92 Å². The van der Waals surface area contributed by atoms with Crippen LogP contribution in [0.2, 0.25) is 0 Å². The molecule has 0 bridgehead atoms. The Morgan fingerprint density at radius 2 is 1.88 bits per heavy atom. The van der Waals surface area contributed by atoms with Gasteiger partial charge in [0.25, 0.3) is 0 Å². The van der Waals surface area contributed by atoms with Crippen LogP contribution in [0.4, 0.5) is 0 Å². The van der Waals surface area contributed by atoms with Gasteiger partial charge in [0.05, 0.1) is 6.10 Å². The zero-order valence-electron chi connectivity index (χ0n) is 11.4. The third kappa shape index (κ3) is 1.92. The molecule has 1 heteroatoms. The van der Waals surface area contributed by atoms with Crippen molar-refractivity contribution in [2.24, 2.45) is 29.1 Å². The molecule has 1 N–H and O–H groups in total. The second kappa shape index (κ2) is 4.33. The van der Waals surface area contributed by atoms with Crippen LogP contribution in [0, 0.1) is 29.1 Å². The lowest BCUT2D eigenvalue weighted by Crippen LogP contribution is -2.51. The smallest absolute Gasteiger partial charge is 0.0606 e. The van der Waals surface area contributed by atoms with Gasteiger partial charge < -0.3 is 5.11 Å². The topological polar surface area (TPSA) is 20.2 Å². The molecule has 2 aliphatic carbocycles. The van der Waals surface area contributed by atoms with Crippen molar-refractivity contribution in [2.45, 2.75) is 65.9 Å². The molecule has 2 saturated carbocycles. The van der Waals surface area contributed by atoms with Gasteiger partial charge in [-0.15, -0.1) is 0 Å². The molecule has 0 aromatic carbocycles. The average molecular weight is 224 g/mol. The predicted octanol–water partition coefficient (Wildman–Crippen LogP) is 3.86. The van der Waals surface area contributed by atoms with Gasteiger partial charge in [0.2, 0.25) is 0 Å². The highest BCUT2D eigenvalue weighted by Gasteiger charge is 2.49. The molecule has 0 aliphatic heterocycles. The molecule has 0 aromatic rings. The summed E-state index contributed by atoms with van der Waals surface area (Å²) in [5.41, 5.74) is 0.433. The molecule has 5 unspecified atom stereocenters. The maximum absolute atomic E-state index is 10.7. The molecule has 2 aliphatic rings. The van der Waals surface area contributed by atoms with Crippen molar-refractivity contribution in [3.05, 3.63) is 0 Å². The quantitative estimate of drug-likeness (QED) is 0.717. The summed E-state index contributed by atoms with van der Waals surface area (Å²) in [6.45, 7) is 9.31. The van der Waals surface area contributed by atoms with Gasteiger partial charge in [-0.05, 0) is 48.3 Å². The van der Waals surface area contributed by atoms with Crippen LogP contribution in [-0.2, 0) is 0 Å². The van der Waals surface area contributed by atoms with Crippen LogP contribution in [0.3, 0.4) is 0 Å². The van der Waals surface area contributed by atoms with E-state index < -0.39 is 0 Å². The van der Waals surface area contributed by atoms with E-state index in [1.54, 1.807) is 0 Å². The Hall–Kier alpha value is -0.0400. The lowest BCUT2D eigenvalue weighted by atomic mass is 9.53. The summed E-state index contributed by atoms with van der Waals surface area (Å²) in [4.78, 5) is 0. The normalized spacial score (nSPS) is 49.1. The maximum Gasteiger partial charge on any atom is 0.0606 e. The van der Waals surface area contributed by atoms with E-state index in [2.05, 4.69) is 27.7 Å². The first-order valence-electron chi connectivity index (χ1n) is 7.14. The Morgan fingerprint density at radius 1 is 1.19 bits per heavy atom. The second-order valence-electron chi connectivity index (χ2n) is 6.99. The lowest BCUT2D eigenvalue weighted by Gasteiger charge is -2.54. The number of hydrogen-bond donors (Lipinski definition) is 1. The van der Waals surface area contributed by atoms with Crippen molar-refractivity contribution < 1.29 is 5.11 Å². The molecule has 16 heavy (non-hydrogen) atoms. The van der Waals surface area contributed by atoms with Crippen LogP contribution in [0.5, 0.6) is 0 Å². The van der Waals surface area contributed by atoms with Gasteiger partial charge in [-0.3, -0.25) is 0 Å². The molecule has 5 atom stereocenters. The van der Waals surface area contributed by atoms with Crippen molar-refractivity contribution in [3.8, 4) is 0 Å². The Morgan fingerprint density at radius 3 is 2.50 bits per heavy atom. The molecular weight excluding hydrogens is 196 g/mol. The molecule has 0 amide bonds. The molecule has 0 spiro atoms. The highest BCUT2D eigenvalue weighted by atomic mass is 16.3. The van der Waals surface area contributed by atoms with E-state index >= 15 is 0 Å². The zero-order valence-corrected chi connectivity index (χ0v) is 11.4. The Kier molecular flexibility index (Phi) is 3.36. The Bertz CT molecular complexity index is 248. The minimum absolute atomic E-state index is 0.0472. The minimum atomic E-state index is -0.0472. The second-order valence-corrected chi connectivity index (χ2v) is 6.99. The van der Waals surface area contributed by atoms with E-state index in [9.17, 15) is 5.11 Å². The SMILES string of the molecule is CC(C)C1CCC2(C)CCCC(C)C2C1O. The summed E-state index contributed by atoms with van der Waals surface area (Å²) in [7, 11) is 0. The van der Waals surface area contributed by atoms with Crippen LogP contribution >= 0.6 is 0 Å². The van der Waals surface area contributed by atoms with E-state index in [-0.39, 0.29) is 6.10 Å². The van der Waals surface area contributed by atoms with Crippen LogP contribution in [-0.4, -0.2) is 11.2 Å². The summed E-state index contributed by atoms with van der Waals surface area (Å²) in [6.07, 6.45) is 6.55. The molecule has 1 nitrogen and oxygen atoms in total. The molecule has 0 radical (unpaired) electrons. The molecule has 0 saturated heterocycles.